The Balaban J connectivity index is 2.02. The number of nitrogens with one attached hydrogen (secondary N) is 2. The summed E-state index contributed by atoms with van der Waals surface area (Å²) >= 11 is 0. The van der Waals surface area contributed by atoms with E-state index in [1.165, 1.54) is 5.56 Å². The fourth-order valence-corrected chi connectivity index (χ4v) is 2.53. The third-order valence-corrected chi connectivity index (χ3v) is 3.67. The van der Waals surface area contributed by atoms with Gasteiger partial charge in [-0.25, -0.2) is 9.97 Å². The molecule has 2 aromatic carbocycles. The maximum atomic E-state index is 4.71. The summed E-state index contributed by atoms with van der Waals surface area (Å²) in [4.78, 5) is 9.40. The van der Waals surface area contributed by atoms with Crippen LogP contribution < -0.4 is 10.6 Å². The molecule has 0 aliphatic heterocycles. The number of anilines is 3. The van der Waals surface area contributed by atoms with Crippen LogP contribution in [0.1, 0.15) is 26.3 Å². The topological polar surface area (TPSA) is 49.8 Å². The van der Waals surface area contributed by atoms with Crippen LogP contribution in [-0.2, 0) is 0 Å². The largest absolute Gasteiger partial charge is 0.365 e. The Labute approximate surface area is 149 Å². The molecule has 3 aromatic rings. The van der Waals surface area contributed by atoms with Crippen molar-refractivity contribution in [1.82, 2.24) is 9.97 Å². The molecule has 0 fully saturated rings. The lowest BCUT2D eigenvalue weighted by Crippen LogP contribution is -2.26. The van der Waals surface area contributed by atoms with E-state index >= 15 is 0 Å². The molecular formula is C21H24N4. The molecule has 1 aromatic heterocycles. The van der Waals surface area contributed by atoms with Crippen molar-refractivity contribution in [2.75, 3.05) is 10.6 Å². The summed E-state index contributed by atoms with van der Waals surface area (Å²) in [7, 11) is 0. The van der Waals surface area contributed by atoms with E-state index in [-0.39, 0.29) is 5.54 Å². The third-order valence-electron chi connectivity index (χ3n) is 3.67. The smallest absolute Gasteiger partial charge is 0.163 e. The SMILES string of the molecule is Cc1ccccc1Nc1cc(NC(C)(C)C)nc(-c2ccccc2)n1. The number of para-hydroxylation sites is 1. The van der Waals surface area contributed by atoms with Gasteiger partial charge in [-0.05, 0) is 39.3 Å². The molecule has 0 saturated heterocycles. The van der Waals surface area contributed by atoms with E-state index < -0.39 is 0 Å². The minimum atomic E-state index is -0.0811. The van der Waals surface area contributed by atoms with E-state index in [9.17, 15) is 0 Å². The van der Waals surface area contributed by atoms with Crippen molar-refractivity contribution < 1.29 is 0 Å². The maximum absolute atomic E-state index is 4.71. The van der Waals surface area contributed by atoms with Gasteiger partial charge in [0, 0.05) is 22.9 Å². The molecule has 0 atom stereocenters. The second kappa shape index (κ2) is 6.93. The van der Waals surface area contributed by atoms with E-state index in [0.717, 1.165) is 22.9 Å². The molecule has 4 nitrogen and oxygen atoms in total. The summed E-state index contributed by atoms with van der Waals surface area (Å²) in [6.45, 7) is 8.43. The molecule has 2 N–H and O–H groups in total. The normalized spacial score (nSPS) is 11.2. The first-order chi connectivity index (χ1) is 11.9. The van der Waals surface area contributed by atoms with Gasteiger partial charge in [0.1, 0.15) is 11.6 Å². The van der Waals surface area contributed by atoms with Crippen LogP contribution >= 0.6 is 0 Å². The number of nitrogens with zero attached hydrogens (tertiary/aromatic N) is 2. The Morgan fingerprint density at radius 1 is 0.800 bits per heavy atom. The first kappa shape index (κ1) is 17.0. The third kappa shape index (κ3) is 4.57. The van der Waals surface area contributed by atoms with Gasteiger partial charge in [-0.15, -0.1) is 0 Å². The van der Waals surface area contributed by atoms with Crippen LogP contribution in [0.3, 0.4) is 0 Å². The molecule has 1 heterocycles. The second-order valence-electron chi connectivity index (χ2n) is 7.14. The molecule has 0 bridgehead atoms. The average Bonchev–Trinajstić information content (AvgIpc) is 2.56. The van der Waals surface area contributed by atoms with Crippen molar-refractivity contribution in [2.45, 2.75) is 33.2 Å². The zero-order chi connectivity index (χ0) is 17.9. The van der Waals surface area contributed by atoms with E-state index in [1.807, 2.05) is 48.5 Å². The lowest BCUT2D eigenvalue weighted by Gasteiger charge is -2.22. The van der Waals surface area contributed by atoms with Gasteiger partial charge in [0.15, 0.2) is 5.82 Å². The number of hydrogen-bond acceptors (Lipinski definition) is 4. The van der Waals surface area contributed by atoms with Crippen molar-refractivity contribution in [3.8, 4) is 11.4 Å². The maximum Gasteiger partial charge on any atom is 0.163 e. The Morgan fingerprint density at radius 2 is 1.44 bits per heavy atom. The van der Waals surface area contributed by atoms with Gasteiger partial charge in [-0.1, -0.05) is 48.5 Å². The van der Waals surface area contributed by atoms with Gasteiger partial charge < -0.3 is 10.6 Å². The van der Waals surface area contributed by atoms with E-state index in [4.69, 9.17) is 9.97 Å². The van der Waals surface area contributed by atoms with Crippen molar-refractivity contribution in [1.29, 1.82) is 0 Å². The molecule has 0 aliphatic carbocycles. The zero-order valence-electron chi connectivity index (χ0n) is 15.2. The van der Waals surface area contributed by atoms with Crippen molar-refractivity contribution in [3.05, 3.63) is 66.2 Å². The molecule has 0 saturated carbocycles. The van der Waals surface area contributed by atoms with Crippen molar-refractivity contribution in [3.63, 3.8) is 0 Å². The molecule has 0 radical (unpaired) electrons. The fourth-order valence-electron chi connectivity index (χ4n) is 2.53. The standard InChI is InChI=1S/C21H24N4/c1-15-10-8-9-13-17(15)22-18-14-19(25-21(2,3)4)24-20(23-18)16-11-6-5-7-12-16/h5-14H,1-4H3,(H2,22,23,24,25). The Bertz CT molecular complexity index is 851. The minimum Gasteiger partial charge on any atom is -0.365 e. The lowest BCUT2D eigenvalue weighted by molar-refractivity contribution is 0.630. The number of aryl methyl sites for hydroxylation is 1. The predicted octanol–water partition coefficient (Wildman–Crippen LogP) is 5.41. The molecule has 4 heteroatoms. The summed E-state index contributed by atoms with van der Waals surface area (Å²) in [5.74, 6) is 2.28. The van der Waals surface area contributed by atoms with Crippen LogP contribution in [-0.4, -0.2) is 15.5 Å². The summed E-state index contributed by atoms with van der Waals surface area (Å²) in [6, 6.07) is 20.2. The van der Waals surface area contributed by atoms with Gasteiger partial charge in [0.2, 0.25) is 0 Å². The highest BCUT2D eigenvalue weighted by molar-refractivity contribution is 5.66. The van der Waals surface area contributed by atoms with Crippen molar-refractivity contribution >= 4 is 17.3 Å². The van der Waals surface area contributed by atoms with Crippen LogP contribution in [0.2, 0.25) is 0 Å². The van der Waals surface area contributed by atoms with Crippen LogP contribution in [0.4, 0.5) is 17.3 Å². The summed E-state index contributed by atoms with van der Waals surface area (Å²) < 4.78 is 0. The Morgan fingerprint density at radius 3 is 2.12 bits per heavy atom. The van der Waals surface area contributed by atoms with Gasteiger partial charge >= 0.3 is 0 Å². The molecule has 0 unspecified atom stereocenters. The molecule has 25 heavy (non-hydrogen) atoms. The molecule has 3 rings (SSSR count). The summed E-state index contributed by atoms with van der Waals surface area (Å²) in [5, 5.41) is 6.86. The Kier molecular flexibility index (Phi) is 4.70. The predicted molar refractivity (Wildman–Crippen MR) is 105 cm³/mol. The van der Waals surface area contributed by atoms with Gasteiger partial charge in [0.25, 0.3) is 0 Å². The fraction of sp³-hybridized carbons (Fsp3) is 0.238. The average molecular weight is 332 g/mol. The van der Waals surface area contributed by atoms with E-state index in [0.29, 0.717) is 5.82 Å². The summed E-state index contributed by atoms with van der Waals surface area (Å²) in [6.07, 6.45) is 0. The second-order valence-corrected chi connectivity index (χ2v) is 7.14. The van der Waals surface area contributed by atoms with Gasteiger partial charge in [-0.3, -0.25) is 0 Å². The minimum absolute atomic E-state index is 0.0811. The van der Waals surface area contributed by atoms with Crippen LogP contribution in [0, 0.1) is 6.92 Å². The van der Waals surface area contributed by atoms with Gasteiger partial charge in [0.05, 0.1) is 0 Å². The number of benzene rings is 2. The highest BCUT2D eigenvalue weighted by Crippen LogP contribution is 2.25. The molecule has 0 aliphatic rings. The monoisotopic (exact) mass is 332 g/mol. The highest BCUT2D eigenvalue weighted by Gasteiger charge is 2.13. The molecular weight excluding hydrogens is 308 g/mol. The van der Waals surface area contributed by atoms with E-state index in [1.54, 1.807) is 0 Å². The van der Waals surface area contributed by atoms with E-state index in [2.05, 4.69) is 50.5 Å². The van der Waals surface area contributed by atoms with Gasteiger partial charge in [-0.2, -0.15) is 0 Å². The number of hydrogen-bond donors (Lipinski definition) is 2. The first-order valence-electron chi connectivity index (χ1n) is 8.46. The quantitative estimate of drug-likeness (QED) is 0.671. The Hall–Kier alpha value is -2.88. The first-order valence-corrected chi connectivity index (χ1v) is 8.46. The van der Waals surface area contributed by atoms with Crippen LogP contribution in [0.25, 0.3) is 11.4 Å². The zero-order valence-corrected chi connectivity index (χ0v) is 15.2. The lowest BCUT2D eigenvalue weighted by atomic mass is 10.1. The molecule has 0 amide bonds. The number of rotatable bonds is 4. The molecule has 0 spiro atoms. The van der Waals surface area contributed by atoms with Crippen molar-refractivity contribution in [2.24, 2.45) is 0 Å². The molecule has 128 valence electrons. The van der Waals surface area contributed by atoms with Crippen LogP contribution in [0.15, 0.2) is 60.7 Å². The summed E-state index contributed by atoms with van der Waals surface area (Å²) in [5.41, 5.74) is 3.13. The number of aromatic nitrogens is 2. The highest BCUT2D eigenvalue weighted by atomic mass is 15.1. The van der Waals surface area contributed by atoms with Crippen LogP contribution in [0.5, 0.6) is 0 Å².